The Kier molecular flexibility index (Phi) is 3.37. The number of methoxy groups -OCH3 is 1. The van der Waals surface area contributed by atoms with Crippen molar-refractivity contribution in [3.05, 3.63) is 42.1 Å². The van der Waals surface area contributed by atoms with Crippen molar-refractivity contribution in [1.29, 1.82) is 0 Å². The molecular weight excluding hydrogens is 290 g/mol. The van der Waals surface area contributed by atoms with E-state index in [2.05, 4.69) is 43.7 Å². The maximum atomic E-state index is 5.37. The SMILES string of the molecule is CCc1nnc2n1CCN(c1ccnc3ccc(OC)cc13)C2. The summed E-state index contributed by atoms with van der Waals surface area (Å²) in [6.07, 6.45) is 2.78. The van der Waals surface area contributed by atoms with E-state index in [1.54, 1.807) is 7.11 Å². The fourth-order valence-electron chi connectivity index (χ4n) is 3.20. The molecule has 0 unspecified atom stereocenters. The monoisotopic (exact) mass is 309 g/mol. The molecule has 0 saturated heterocycles. The van der Waals surface area contributed by atoms with Crippen LogP contribution in [-0.2, 0) is 19.5 Å². The summed E-state index contributed by atoms with van der Waals surface area (Å²) in [5.41, 5.74) is 2.14. The molecule has 0 fully saturated rings. The summed E-state index contributed by atoms with van der Waals surface area (Å²) in [5, 5.41) is 9.74. The molecule has 118 valence electrons. The minimum atomic E-state index is 0.767. The second kappa shape index (κ2) is 5.53. The number of fused-ring (bicyclic) bond motifs is 2. The standard InChI is InChI=1S/C17H19N5O/c1-3-16-19-20-17-11-21(8-9-22(16)17)15-6-7-18-14-5-4-12(23-2)10-13(14)15/h4-7,10H,3,8-9,11H2,1-2H3. The lowest BCUT2D eigenvalue weighted by Gasteiger charge is -2.30. The first-order valence-corrected chi connectivity index (χ1v) is 7.89. The van der Waals surface area contributed by atoms with Crippen LogP contribution in [0.15, 0.2) is 30.5 Å². The van der Waals surface area contributed by atoms with Gasteiger partial charge in [-0.25, -0.2) is 0 Å². The molecule has 0 atom stereocenters. The molecule has 3 heterocycles. The maximum absolute atomic E-state index is 5.37. The number of ether oxygens (including phenoxy) is 1. The highest BCUT2D eigenvalue weighted by Crippen LogP contribution is 2.30. The topological polar surface area (TPSA) is 56.1 Å². The number of benzene rings is 1. The summed E-state index contributed by atoms with van der Waals surface area (Å²) in [7, 11) is 1.69. The van der Waals surface area contributed by atoms with E-state index in [1.165, 1.54) is 5.69 Å². The lowest BCUT2D eigenvalue weighted by atomic mass is 10.1. The van der Waals surface area contributed by atoms with Gasteiger partial charge in [-0.2, -0.15) is 0 Å². The van der Waals surface area contributed by atoms with Gasteiger partial charge in [0.25, 0.3) is 0 Å². The van der Waals surface area contributed by atoms with Gasteiger partial charge in [0, 0.05) is 36.8 Å². The molecule has 1 aliphatic rings. The van der Waals surface area contributed by atoms with Crippen LogP contribution in [0.4, 0.5) is 5.69 Å². The van der Waals surface area contributed by atoms with Crippen LogP contribution >= 0.6 is 0 Å². The Labute approximate surface area is 134 Å². The highest BCUT2D eigenvalue weighted by Gasteiger charge is 2.22. The van der Waals surface area contributed by atoms with Gasteiger partial charge in [0.2, 0.25) is 0 Å². The van der Waals surface area contributed by atoms with E-state index in [9.17, 15) is 0 Å². The lowest BCUT2D eigenvalue weighted by Crippen LogP contribution is -2.34. The summed E-state index contributed by atoms with van der Waals surface area (Å²) in [5.74, 6) is 2.95. The minimum Gasteiger partial charge on any atom is -0.497 e. The summed E-state index contributed by atoms with van der Waals surface area (Å²) in [6.45, 7) is 4.74. The van der Waals surface area contributed by atoms with Gasteiger partial charge in [-0.15, -0.1) is 10.2 Å². The average Bonchev–Trinajstić information content (AvgIpc) is 3.03. The molecule has 0 spiro atoms. The molecule has 23 heavy (non-hydrogen) atoms. The van der Waals surface area contributed by atoms with Crippen LogP contribution in [0.5, 0.6) is 5.75 Å². The van der Waals surface area contributed by atoms with Crippen molar-refractivity contribution in [1.82, 2.24) is 19.7 Å². The average molecular weight is 309 g/mol. The van der Waals surface area contributed by atoms with E-state index in [-0.39, 0.29) is 0 Å². The Morgan fingerprint density at radius 2 is 2.09 bits per heavy atom. The Bertz CT molecular complexity index is 857. The largest absolute Gasteiger partial charge is 0.497 e. The number of aryl methyl sites for hydroxylation is 1. The fraction of sp³-hybridized carbons (Fsp3) is 0.353. The van der Waals surface area contributed by atoms with Crippen LogP contribution in [-0.4, -0.2) is 33.4 Å². The molecule has 2 aromatic heterocycles. The van der Waals surface area contributed by atoms with Crippen LogP contribution in [0.3, 0.4) is 0 Å². The third kappa shape index (κ3) is 2.30. The van der Waals surface area contributed by atoms with Crippen molar-refractivity contribution < 1.29 is 4.74 Å². The van der Waals surface area contributed by atoms with Crippen LogP contribution in [0, 0.1) is 0 Å². The molecular formula is C17H19N5O. The number of hydrogen-bond acceptors (Lipinski definition) is 5. The molecule has 6 heteroatoms. The summed E-state index contributed by atoms with van der Waals surface area (Å²) >= 11 is 0. The van der Waals surface area contributed by atoms with Crippen molar-refractivity contribution in [2.45, 2.75) is 26.4 Å². The first-order valence-electron chi connectivity index (χ1n) is 7.89. The van der Waals surface area contributed by atoms with Crippen LogP contribution in [0.2, 0.25) is 0 Å². The molecule has 6 nitrogen and oxygen atoms in total. The van der Waals surface area contributed by atoms with Crippen molar-refractivity contribution >= 4 is 16.6 Å². The molecule has 1 aliphatic heterocycles. The van der Waals surface area contributed by atoms with Gasteiger partial charge in [-0.3, -0.25) is 4.98 Å². The number of pyridine rings is 1. The number of hydrogen-bond donors (Lipinski definition) is 0. The van der Waals surface area contributed by atoms with Gasteiger partial charge in [0.1, 0.15) is 11.6 Å². The normalized spacial score (nSPS) is 14.1. The van der Waals surface area contributed by atoms with E-state index in [0.29, 0.717) is 0 Å². The number of rotatable bonds is 3. The van der Waals surface area contributed by atoms with E-state index >= 15 is 0 Å². The van der Waals surface area contributed by atoms with E-state index in [4.69, 9.17) is 4.74 Å². The van der Waals surface area contributed by atoms with Gasteiger partial charge in [-0.05, 0) is 24.3 Å². The van der Waals surface area contributed by atoms with Crippen molar-refractivity contribution in [2.75, 3.05) is 18.6 Å². The molecule has 0 N–H and O–H groups in total. The second-order valence-electron chi connectivity index (χ2n) is 5.67. The zero-order valence-corrected chi connectivity index (χ0v) is 13.4. The van der Waals surface area contributed by atoms with Gasteiger partial charge < -0.3 is 14.2 Å². The van der Waals surface area contributed by atoms with Crippen molar-refractivity contribution in [2.24, 2.45) is 0 Å². The Morgan fingerprint density at radius 3 is 2.91 bits per heavy atom. The van der Waals surface area contributed by atoms with Crippen LogP contribution in [0.1, 0.15) is 18.6 Å². The van der Waals surface area contributed by atoms with Crippen molar-refractivity contribution in [3.8, 4) is 5.75 Å². The van der Waals surface area contributed by atoms with Gasteiger partial charge in [0.15, 0.2) is 5.82 Å². The second-order valence-corrected chi connectivity index (χ2v) is 5.67. The predicted molar refractivity (Wildman–Crippen MR) is 88.7 cm³/mol. The first-order chi connectivity index (χ1) is 11.3. The van der Waals surface area contributed by atoms with E-state index in [1.807, 2.05) is 18.3 Å². The van der Waals surface area contributed by atoms with Gasteiger partial charge >= 0.3 is 0 Å². The predicted octanol–water partition coefficient (Wildman–Crippen LogP) is 2.42. The Balaban J connectivity index is 1.75. The number of aromatic nitrogens is 4. The number of nitrogens with zero attached hydrogens (tertiary/aromatic N) is 5. The van der Waals surface area contributed by atoms with Crippen LogP contribution in [0.25, 0.3) is 10.9 Å². The zero-order valence-electron chi connectivity index (χ0n) is 13.4. The van der Waals surface area contributed by atoms with Gasteiger partial charge in [0.05, 0.1) is 19.2 Å². The maximum Gasteiger partial charge on any atom is 0.152 e. The molecule has 0 aliphatic carbocycles. The fourth-order valence-corrected chi connectivity index (χ4v) is 3.20. The summed E-state index contributed by atoms with van der Waals surface area (Å²) < 4.78 is 7.60. The first kappa shape index (κ1) is 14.0. The highest BCUT2D eigenvalue weighted by atomic mass is 16.5. The van der Waals surface area contributed by atoms with Crippen LogP contribution < -0.4 is 9.64 Å². The Hall–Kier alpha value is -2.63. The molecule has 3 aromatic rings. The summed E-state index contributed by atoms with van der Waals surface area (Å²) in [4.78, 5) is 6.80. The van der Waals surface area contributed by atoms with Gasteiger partial charge in [-0.1, -0.05) is 6.92 Å². The quantitative estimate of drug-likeness (QED) is 0.743. The smallest absolute Gasteiger partial charge is 0.152 e. The molecule has 0 radical (unpaired) electrons. The molecule has 4 rings (SSSR count). The molecule has 0 saturated carbocycles. The summed E-state index contributed by atoms with van der Waals surface area (Å²) in [6, 6.07) is 8.06. The van der Waals surface area contributed by atoms with E-state index in [0.717, 1.165) is 54.4 Å². The zero-order chi connectivity index (χ0) is 15.8. The Morgan fingerprint density at radius 1 is 1.17 bits per heavy atom. The van der Waals surface area contributed by atoms with E-state index < -0.39 is 0 Å². The molecule has 0 bridgehead atoms. The molecule has 1 aromatic carbocycles. The lowest BCUT2D eigenvalue weighted by molar-refractivity contribution is 0.415. The minimum absolute atomic E-state index is 0.767. The van der Waals surface area contributed by atoms with Crippen molar-refractivity contribution in [3.63, 3.8) is 0 Å². The number of anilines is 1. The third-order valence-electron chi connectivity index (χ3n) is 4.41. The highest BCUT2D eigenvalue weighted by molar-refractivity contribution is 5.92. The molecule has 0 amide bonds. The third-order valence-corrected chi connectivity index (χ3v) is 4.41.